The predicted molar refractivity (Wildman–Crippen MR) is 252 cm³/mol. The summed E-state index contributed by atoms with van der Waals surface area (Å²) in [5.41, 5.74) is 21.4. The Balaban J connectivity index is 6.17. The molecule has 0 spiro atoms. The average Bonchev–Trinajstić information content (AvgIpc) is 3.27. The molecule has 0 radical (unpaired) electrons. The number of aliphatic hydroxyl groups is 1. The molecule has 0 rings (SSSR count). The number of carbonyl (C=O) groups excluding carboxylic acids is 12. The second-order valence-electron chi connectivity index (χ2n) is 17.7. The summed E-state index contributed by atoms with van der Waals surface area (Å²) in [6, 6.07) is -11.9. The fourth-order valence-electron chi connectivity index (χ4n) is 6.62. The summed E-state index contributed by atoms with van der Waals surface area (Å²) in [7, 11) is 0. The van der Waals surface area contributed by atoms with E-state index in [1.165, 1.54) is 6.92 Å². The molecule has 0 aromatic rings. The summed E-state index contributed by atoms with van der Waals surface area (Å²) in [5, 5.41) is 40.8. The van der Waals surface area contributed by atoms with Gasteiger partial charge >= 0.3 is 5.97 Å². The second kappa shape index (κ2) is 32.8. The third-order valence-electron chi connectivity index (χ3n) is 10.7. The van der Waals surface area contributed by atoms with Crippen LogP contribution in [0.5, 0.6) is 0 Å². The van der Waals surface area contributed by atoms with E-state index in [1.54, 1.807) is 34.6 Å². The van der Waals surface area contributed by atoms with Crippen molar-refractivity contribution in [2.24, 2.45) is 40.7 Å². The first-order valence-electron chi connectivity index (χ1n) is 23.1. The molecule has 12 amide bonds. The molecule has 19 N–H and O–H groups in total. The van der Waals surface area contributed by atoms with Gasteiger partial charge in [-0.15, -0.1) is 0 Å². The van der Waals surface area contributed by atoms with Crippen LogP contribution in [0.15, 0.2) is 0 Å². The fourth-order valence-corrected chi connectivity index (χ4v) is 6.62. The van der Waals surface area contributed by atoms with Gasteiger partial charge in [0, 0.05) is 13.3 Å². The van der Waals surface area contributed by atoms with Crippen LogP contribution in [-0.2, 0) is 62.3 Å². The van der Waals surface area contributed by atoms with Crippen LogP contribution < -0.4 is 70.8 Å². The maximum atomic E-state index is 13.7. The molecule has 0 aliphatic rings. The molecule has 28 heteroatoms. The lowest BCUT2D eigenvalue weighted by atomic mass is 9.97. The Bertz CT molecular complexity index is 1900. The maximum Gasteiger partial charge on any atom is 0.305 e. The monoisotopic (exact) mass is 1010 g/mol. The topological polar surface area (TPSA) is 475 Å². The van der Waals surface area contributed by atoms with Crippen molar-refractivity contribution in [1.29, 1.82) is 0 Å². The first-order valence-corrected chi connectivity index (χ1v) is 23.1. The van der Waals surface area contributed by atoms with Gasteiger partial charge in [-0.2, -0.15) is 0 Å². The summed E-state index contributed by atoms with van der Waals surface area (Å²) < 4.78 is 0. The number of hydrogen-bond acceptors (Lipinski definition) is 15. The normalized spacial score (nSPS) is 14.8. The Kier molecular flexibility index (Phi) is 29.6. The van der Waals surface area contributed by atoms with Crippen molar-refractivity contribution in [2.75, 3.05) is 19.7 Å². The standard InChI is InChI=1S/C43H75N13O15/c1-8-22(6)35(55-32(61)18-48-37(65)27(16-31(46)60)52-38(66)25(49-23(7)58)12-13-30(45)59)43(71)54-29(19-57)41(69)53-28(17-33(62)63)39(67)51-26(15-20(2)3)40(68)56-34(21(4)5)42(70)50-24(36(47)64)11-9-10-14-44/h20-22,24-29,34-35,57H,8-19,44H2,1-7H3,(H2,45,59)(H2,46,60)(H2,47,64)(H,48,65)(H,49,58)(H,50,70)(H,51,67)(H,52,66)(H,53,69)(H,54,71)(H,55,61)(H,56,68)(H,62,63)/t22-,24-,25-,26-,27-,28-,29-,34-,35-/m0/s1. The van der Waals surface area contributed by atoms with E-state index < -0.39 is 163 Å². The van der Waals surface area contributed by atoms with Crippen molar-refractivity contribution < 1.29 is 72.5 Å². The van der Waals surface area contributed by atoms with Gasteiger partial charge in [0.1, 0.15) is 48.3 Å². The molecule has 0 aliphatic heterocycles. The number of amides is 12. The van der Waals surface area contributed by atoms with Crippen LogP contribution in [-0.4, -0.2) is 155 Å². The molecule has 0 aromatic heterocycles. The molecular weight excluding hydrogens is 939 g/mol. The number of carbonyl (C=O) groups is 13. The highest BCUT2D eigenvalue weighted by atomic mass is 16.4. The van der Waals surface area contributed by atoms with Crippen LogP contribution in [0.2, 0.25) is 0 Å². The fraction of sp³-hybridized carbons (Fsp3) is 0.698. The third-order valence-corrected chi connectivity index (χ3v) is 10.7. The average molecular weight is 1010 g/mol. The van der Waals surface area contributed by atoms with Gasteiger partial charge in [-0.1, -0.05) is 48.0 Å². The van der Waals surface area contributed by atoms with Crippen LogP contribution in [0.25, 0.3) is 0 Å². The molecule has 0 aromatic carbocycles. The molecule has 0 unspecified atom stereocenters. The number of primary amides is 3. The Labute approximate surface area is 411 Å². The van der Waals surface area contributed by atoms with Crippen LogP contribution in [0.3, 0.4) is 0 Å². The highest BCUT2D eigenvalue weighted by Gasteiger charge is 2.36. The van der Waals surface area contributed by atoms with E-state index in [0.29, 0.717) is 19.4 Å². The zero-order chi connectivity index (χ0) is 54.7. The lowest BCUT2D eigenvalue weighted by Gasteiger charge is -2.29. The number of nitrogens with two attached hydrogens (primary N) is 4. The van der Waals surface area contributed by atoms with Crippen molar-refractivity contribution in [3.63, 3.8) is 0 Å². The zero-order valence-corrected chi connectivity index (χ0v) is 41.3. The number of carboxylic acid groups (broad SMARTS) is 1. The zero-order valence-electron chi connectivity index (χ0n) is 41.3. The Morgan fingerprint density at radius 3 is 1.52 bits per heavy atom. The molecule has 28 nitrogen and oxygen atoms in total. The summed E-state index contributed by atoms with van der Waals surface area (Å²) in [5.74, 6) is -14.5. The van der Waals surface area contributed by atoms with Crippen molar-refractivity contribution in [3.8, 4) is 0 Å². The molecule has 0 fully saturated rings. The number of rotatable bonds is 35. The number of hydrogen-bond donors (Lipinski definition) is 15. The smallest absolute Gasteiger partial charge is 0.305 e. The Morgan fingerprint density at radius 1 is 0.535 bits per heavy atom. The van der Waals surface area contributed by atoms with Gasteiger partial charge in [-0.3, -0.25) is 62.3 Å². The first kappa shape index (κ1) is 64.0. The molecular formula is C43H75N13O15. The van der Waals surface area contributed by atoms with E-state index in [-0.39, 0.29) is 38.0 Å². The van der Waals surface area contributed by atoms with Gasteiger partial charge in [0.2, 0.25) is 70.9 Å². The number of carboxylic acids is 1. The van der Waals surface area contributed by atoms with Gasteiger partial charge in [-0.05, 0) is 56.4 Å². The third kappa shape index (κ3) is 25.5. The molecule has 71 heavy (non-hydrogen) atoms. The van der Waals surface area contributed by atoms with Gasteiger partial charge in [0.25, 0.3) is 0 Å². The summed E-state index contributed by atoms with van der Waals surface area (Å²) in [6.45, 7) is 9.33. The molecule has 0 bridgehead atoms. The highest BCUT2D eigenvalue weighted by Crippen LogP contribution is 2.12. The lowest BCUT2D eigenvalue weighted by Crippen LogP contribution is -2.61. The highest BCUT2D eigenvalue weighted by molar-refractivity contribution is 5.99. The van der Waals surface area contributed by atoms with E-state index in [0.717, 1.165) is 6.92 Å². The van der Waals surface area contributed by atoms with Crippen LogP contribution in [0.1, 0.15) is 106 Å². The van der Waals surface area contributed by atoms with Crippen LogP contribution in [0.4, 0.5) is 0 Å². The number of aliphatic hydroxyl groups excluding tert-OH is 1. The Hall–Kier alpha value is -6.97. The van der Waals surface area contributed by atoms with Crippen molar-refractivity contribution in [3.05, 3.63) is 0 Å². The number of unbranched alkanes of at least 4 members (excludes halogenated alkanes) is 1. The molecule has 9 atom stereocenters. The minimum absolute atomic E-state index is 0.0347. The quantitative estimate of drug-likeness (QED) is 0.0263. The van der Waals surface area contributed by atoms with Crippen molar-refractivity contribution in [1.82, 2.24) is 47.9 Å². The largest absolute Gasteiger partial charge is 0.481 e. The maximum absolute atomic E-state index is 13.7. The second-order valence-corrected chi connectivity index (χ2v) is 17.7. The Morgan fingerprint density at radius 2 is 1.04 bits per heavy atom. The van der Waals surface area contributed by atoms with E-state index in [2.05, 4.69) is 47.9 Å². The first-order chi connectivity index (χ1) is 33.1. The minimum Gasteiger partial charge on any atom is -0.481 e. The summed E-state index contributed by atoms with van der Waals surface area (Å²) in [4.78, 5) is 166. The van der Waals surface area contributed by atoms with E-state index in [1.807, 2.05) is 0 Å². The molecule has 0 aliphatic carbocycles. The minimum atomic E-state index is -1.90. The van der Waals surface area contributed by atoms with Gasteiger partial charge < -0.3 is 81.0 Å². The lowest BCUT2D eigenvalue weighted by molar-refractivity contribution is -0.142. The van der Waals surface area contributed by atoms with Gasteiger partial charge in [-0.25, -0.2) is 0 Å². The van der Waals surface area contributed by atoms with E-state index in [4.69, 9.17) is 22.9 Å². The predicted octanol–water partition coefficient (Wildman–Crippen LogP) is -6.03. The van der Waals surface area contributed by atoms with Crippen LogP contribution in [0, 0.1) is 17.8 Å². The molecule has 402 valence electrons. The van der Waals surface area contributed by atoms with E-state index in [9.17, 15) is 72.5 Å². The van der Waals surface area contributed by atoms with E-state index >= 15 is 0 Å². The number of aliphatic carboxylic acids is 1. The SMILES string of the molecule is CC[C@H](C)[C@H](NC(=O)CNC(=O)[C@H](CC(N)=O)NC(=O)[C@H](CCC(N)=O)NC(C)=O)C(=O)N[C@@H](CO)C(=O)N[C@@H](CC(=O)O)C(=O)N[C@@H](CC(C)C)C(=O)N[C@H](C(=O)N[C@@H](CCCCN)C(N)=O)C(C)C. The summed E-state index contributed by atoms with van der Waals surface area (Å²) in [6.07, 6.45) is -0.934. The summed E-state index contributed by atoms with van der Waals surface area (Å²) >= 11 is 0. The van der Waals surface area contributed by atoms with Gasteiger partial charge in [0.15, 0.2) is 0 Å². The molecule has 0 saturated carbocycles. The van der Waals surface area contributed by atoms with Crippen molar-refractivity contribution in [2.45, 2.75) is 155 Å². The van der Waals surface area contributed by atoms with Gasteiger partial charge in [0.05, 0.1) is 26.0 Å². The number of nitrogens with one attached hydrogen (secondary N) is 9. The molecule has 0 saturated heterocycles. The van der Waals surface area contributed by atoms with Crippen molar-refractivity contribution >= 4 is 76.9 Å². The molecule has 0 heterocycles. The van der Waals surface area contributed by atoms with Crippen LogP contribution >= 0.6 is 0 Å².